The maximum atomic E-state index is 12.5. The molecule has 0 bridgehead atoms. The van der Waals surface area contributed by atoms with Gasteiger partial charge in [0, 0.05) is 19.2 Å². The van der Waals surface area contributed by atoms with Crippen molar-refractivity contribution in [2.24, 2.45) is 5.92 Å². The van der Waals surface area contributed by atoms with E-state index in [4.69, 9.17) is 0 Å². The van der Waals surface area contributed by atoms with Crippen molar-refractivity contribution in [2.75, 3.05) is 5.32 Å². The molecule has 0 radical (unpaired) electrons. The molecule has 1 amide bonds. The zero-order valence-corrected chi connectivity index (χ0v) is 12.2. The Hall–Kier alpha value is -2.70. The number of amides is 1. The van der Waals surface area contributed by atoms with Gasteiger partial charge in [-0.15, -0.1) is 10.2 Å². The highest BCUT2D eigenvalue weighted by Crippen LogP contribution is 2.21. The number of fused-ring (bicyclic) bond motifs is 2. The fourth-order valence-corrected chi connectivity index (χ4v) is 2.91. The van der Waals surface area contributed by atoms with Crippen molar-refractivity contribution in [1.29, 1.82) is 0 Å². The number of aromatic nitrogens is 5. The highest BCUT2D eigenvalue weighted by molar-refractivity contribution is 5.92. The van der Waals surface area contributed by atoms with Crippen LogP contribution in [0.3, 0.4) is 0 Å². The van der Waals surface area contributed by atoms with Gasteiger partial charge in [0.25, 0.3) is 0 Å². The topological polar surface area (TPSA) is 77.1 Å². The molecule has 1 atom stereocenters. The molecule has 4 rings (SSSR count). The number of carbonyl (C=O) groups excluding carboxylic acids is 1. The zero-order chi connectivity index (χ0) is 15.1. The summed E-state index contributed by atoms with van der Waals surface area (Å²) in [7, 11) is 0. The van der Waals surface area contributed by atoms with Crippen LogP contribution in [0, 0.1) is 12.8 Å². The van der Waals surface area contributed by atoms with Gasteiger partial charge in [-0.1, -0.05) is 0 Å². The van der Waals surface area contributed by atoms with Crippen molar-refractivity contribution in [3.63, 3.8) is 0 Å². The molecule has 0 saturated carbocycles. The quantitative estimate of drug-likeness (QED) is 0.776. The second-order valence-corrected chi connectivity index (χ2v) is 5.64. The van der Waals surface area contributed by atoms with Crippen molar-refractivity contribution in [3.8, 4) is 0 Å². The van der Waals surface area contributed by atoms with Gasteiger partial charge in [0.1, 0.15) is 11.6 Å². The van der Waals surface area contributed by atoms with E-state index in [1.54, 1.807) is 12.5 Å². The van der Waals surface area contributed by atoms with Gasteiger partial charge in [-0.25, -0.2) is 4.98 Å². The first-order valence-electron chi connectivity index (χ1n) is 7.32. The lowest BCUT2D eigenvalue weighted by Gasteiger charge is -2.23. The van der Waals surface area contributed by atoms with Crippen molar-refractivity contribution < 1.29 is 4.79 Å². The maximum Gasteiger partial charge on any atom is 0.229 e. The summed E-state index contributed by atoms with van der Waals surface area (Å²) < 4.78 is 3.92. The van der Waals surface area contributed by atoms with Crippen molar-refractivity contribution >= 4 is 17.1 Å². The smallest absolute Gasteiger partial charge is 0.229 e. The van der Waals surface area contributed by atoms with Crippen LogP contribution in [0.4, 0.5) is 5.69 Å². The van der Waals surface area contributed by atoms with E-state index in [-0.39, 0.29) is 11.8 Å². The van der Waals surface area contributed by atoms with Crippen LogP contribution in [0.2, 0.25) is 0 Å². The number of aryl methyl sites for hydroxylation is 2. The van der Waals surface area contributed by atoms with Gasteiger partial charge in [0.05, 0.1) is 29.6 Å². The summed E-state index contributed by atoms with van der Waals surface area (Å²) in [5.74, 6) is 1.83. The molecule has 3 aromatic rings. The van der Waals surface area contributed by atoms with Gasteiger partial charge in [0.15, 0.2) is 0 Å². The maximum absolute atomic E-state index is 12.5. The third-order valence-corrected chi connectivity index (χ3v) is 4.18. The number of anilines is 1. The Kier molecular flexibility index (Phi) is 2.92. The largest absolute Gasteiger partial charge is 0.324 e. The number of nitrogens with one attached hydrogen (secondary N) is 1. The van der Waals surface area contributed by atoms with Crippen LogP contribution in [0.15, 0.2) is 30.9 Å². The summed E-state index contributed by atoms with van der Waals surface area (Å²) in [4.78, 5) is 16.6. The summed E-state index contributed by atoms with van der Waals surface area (Å²) in [5, 5.41) is 11.2. The minimum Gasteiger partial charge on any atom is -0.324 e. The molecule has 0 aliphatic carbocycles. The first-order valence-corrected chi connectivity index (χ1v) is 7.32. The number of hydrogen-bond acceptors (Lipinski definition) is 4. The molecule has 7 heteroatoms. The fourth-order valence-electron chi connectivity index (χ4n) is 2.91. The summed E-state index contributed by atoms with van der Waals surface area (Å²) in [6.45, 7) is 2.57. The molecule has 0 fully saturated rings. The molecule has 0 saturated heterocycles. The summed E-state index contributed by atoms with van der Waals surface area (Å²) >= 11 is 0. The van der Waals surface area contributed by atoms with Crippen LogP contribution in [0.1, 0.15) is 18.1 Å². The number of nitrogens with zero attached hydrogens (tertiary/aromatic N) is 5. The van der Waals surface area contributed by atoms with Gasteiger partial charge in [0.2, 0.25) is 5.91 Å². The SMILES string of the molecule is Cc1nnc2n1CC(C(=O)Nc1ccc3cncn3c1)CC2. The summed E-state index contributed by atoms with van der Waals surface area (Å²) in [6.07, 6.45) is 6.97. The lowest BCUT2D eigenvalue weighted by Crippen LogP contribution is -2.31. The van der Waals surface area contributed by atoms with Crippen LogP contribution in [0.5, 0.6) is 0 Å². The zero-order valence-electron chi connectivity index (χ0n) is 12.2. The average molecular weight is 296 g/mol. The van der Waals surface area contributed by atoms with Crippen molar-refractivity contribution in [1.82, 2.24) is 24.1 Å². The van der Waals surface area contributed by atoms with E-state index in [2.05, 4.69) is 20.5 Å². The Morgan fingerprint density at radius 2 is 2.27 bits per heavy atom. The van der Waals surface area contributed by atoms with Crippen LogP contribution < -0.4 is 5.32 Å². The number of pyridine rings is 1. The standard InChI is InChI=1S/C15H16N6O/c1-10-18-19-14-5-2-11(7-21(10)14)15(22)17-12-3-4-13-6-16-9-20(13)8-12/h3-4,6,8-9,11H,2,5,7H2,1H3,(H,17,22). The van der Waals surface area contributed by atoms with E-state index in [1.165, 1.54) is 0 Å². The highest BCUT2D eigenvalue weighted by Gasteiger charge is 2.26. The van der Waals surface area contributed by atoms with E-state index in [0.717, 1.165) is 35.7 Å². The predicted molar refractivity (Wildman–Crippen MR) is 80.4 cm³/mol. The molecule has 7 nitrogen and oxygen atoms in total. The van der Waals surface area contributed by atoms with E-state index >= 15 is 0 Å². The molecule has 112 valence electrons. The van der Waals surface area contributed by atoms with Gasteiger partial charge < -0.3 is 14.3 Å². The second kappa shape index (κ2) is 4.94. The average Bonchev–Trinajstić information content (AvgIpc) is 3.13. The van der Waals surface area contributed by atoms with Gasteiger partial charge in [-0.2, -0.15) is 0 Å². The normalized spacial score (nSPS) is 17.4. The number of imidazole rings is 1. The molecule has 1 aliphatic heterocycles. The Morgan fingerprint density at radius 3 is 3.18 bits per heavy atom. The fraction of sp³-hybridized carbons (Fsp3) is 0.333. The Balaban J connectivity index is 1.51. The minimum atomic E-state index is -0.0549. The van der Waals surface area contributed by atoms with Crippen LogP contribution in [-0.4, -0.2) is 30.1 Å². The second-order valence-electron chi connectivity index (χ2n) is 5.64. The third-order valence-electron chi connectivity index (χ3n) is 4.18. The molecule has 1 N–H and O–H groups in total. The van der Waals surface area contributed by atoms with Crippen LogP contribution in [-0.2, 0) is 17.8 Å². The van der Waals surface area contributed by atoms with Crippen molar-refractivity contribution in [2.45, 2.75) is 26.3 Å². The third kappa shape index (κ3) is 2.14. The Bertz CT molecular complexity index is 849. The van der Waals surface area contributed by atoms with Crippen molar-refractivity contribution in [3.05, 3.63) is 42.5 Å². The molecule has 0 aromatic carbocycles. The molecular weight excluding hydrogens is 280 g/mol. The highest BCUT2D eigenvalue weighted by atomic mass is 16.1. The molecule has 0 spiro atoms. The first-order chi connectivity index (χ1) is 10.7. The van der Waals surface area contributed by atoms with Crippen LogP contribution >= 0.6 is 0 Å². The molecule has 3 aromatic heterocycles. The summed E-state index contributed by atoms with van der Waals surface area (Å²) in [6, 6.07) is 3.83. The van der Waals surface area contributed by atoms with Gasteiger partial charge in [-0.3, -0.25) is 4.79 Å². The van der Waals surface area contributed by atoms with E-state index in [9.17, 15) is 4.79 Å². The number of carbonyl (C=O) groups is 1. The lowest BCUT2D eigenvalue weighted by molar-refractivity contribution is -0.120. The number of rotatable bonds is 2. The molecule has 1 aliphatic rings. The van der Waals surface area contributed by atoms with Gasteiger partial charge >= 0.3 is 0 Å². The summed E-state index contributed by atoms with van der Waals surface area (Å²) in [5.41, 5.74) is 1.78. The Morgan fingerprint density at radius 1 is 1.36 bits per heavy atom. The van der Waals surface area contributed by atoms with E-state index in [0.29, 0.717) is 6.54 Å². The predicted octanol–water partition coefficient (Wildman–Crippen LogP) is 1.44. The Labute approximate surface area is 127 Å². The molecule has 1 unspecified atom stereocenters. The lowest BCUT2D eigenvalue weighted by atomic mass is 9.98. The molecule has 4 heterocycles. The van der Waals surface area contributed by atoms with E-state index < -0.39 is 0 Å². The molecular formula is C15H16N6O. The minimum absolute atomic E-state index is 0.0400. The molecule has 22 heavy (non-hydrogen) atoms. The van der Waals surface area contributed by atoms with E-state index in [1.807, 2.05) is 34.2 Å². The monoisotopic (exact) mass is 296 g/mol. The number of hydrogen-bond donors (Lipinski definition) is 1. The van der Waals surface area contributed by atoms with Crippen LogP contribution in [0.25, 0.3) is 5.52 Å². The first kappa shape index (κ1) is 13.0. The van der Waals surface area contributed by atoms with Gasteiger partial charge in [-0.05, 0) is 25.5 Å².